The Labute approximate surface area is 179 Å². The van der Waals surface area contributed by atoms with Gasteiger partial charge in [-0.2, -0.15) is 5.10 Å². The van der Waals surface area contributed by atoms with Crippen molar-refractivity contribution in [1.29, 1.82) is 0 Å². The molecule has 2 aromatic carbocycles. The van der Waals surface area contributed by atoms with E-state index in [-0.39, 0.29) is 17.7 Å². The minimum atomic E-state index is -0.733. The molecular weight excluding hydrogens is 393 g/mol. The van der Waals surface area contributed by atoms with Gasteiger partial charge in [-0.25, -0.2) is 4.39 Å². The van der Waals surface area contributed by atoms with Gasteiger partial charge in [0.25, 0.3) is 0 Å². The molecule has 1 aliphatic rings. The molecule has 1 fully saturated rings. The number of hydrogen-bond donors (Lipinski definition) is 2. The number of halogens is 1. The van der Waals surface area contributed by atoms with Crippen molar-refractivity contribution in [3.63, 3.8) is 0 Å². The number of aryl methyl sites for hydroxylation is 1. The number of aromatic nitrogens is 3. The third-order valence-corrected chi connectivity index (χ3v) is 6.87. The van der Waals surface area contributed by atoms with Crippen LogP contribution in [0, 0.1) is 18.2 Å². The molecule has 0 atom stereocenters. The van der Waals surface area contributed by atoms with Gasteiger partial charge in [0.1, 0.15) is 5.82 Å². The number of nitrogens with zero attached hydrogens (tertiary/aromatic N) is 2. The van der Waals surface area contributed by atoms with Gasteiger partial charge in [0.2, 0.25) is 0 Å². The van der Waals surface area contributed by atoms with Crippen molar-refractivity contribution in [2.45, 2.75) is 52.4 Å². The smallest absolute Gasteiger partial charge is 0.309 e. The summed E-state index contributed by atoms with van der Waals surface area (Å²) >= 11 is 0. The van der Waals surface area contributed by atoms with Crippen molar-refractivity contribution < 1.29 is 14.3 Å². The minimum Gasteiger partial charge on any atom is -0.481 e. The molecule has 0 saturated heterocycles. The second-order valence-corrected chi connectivity index (χ2v) is 9.52. The molecule has 5 nitrogen and oxygen atoms in total. The number of rotatable bonds is 4. The molecule has 1 saturated carbocycles. The fourth-order valence-corrected chi connectivity index (χ4v) is 5.22. The Hall–Kier alpha value is -3.15. The number of carboxylic acid groups (broad SMARTS) is 1. The van der Waals surface area contributed by atoms with Crippen LogP contribution in [0.1, 0.15) is 62.3 Å². The van der Waals surface area contributed by atoms with E-state index in [0.29, 0.717) is 18.4 Å². The Morgan fingerprint density at radius 3 is 2.68 bits per heavy atom. The lowest BCUT2D eigenvalue weighted by atomic mass is 9.60. The molecule has 4 aromatic rings. The third kappa shape index (κ3) is 2.88. The van der Waals surface area contributed by atoms with E-state index < -0.39 is 11.4 Å². The van der Waals surface area contributed by atoms with E-state index in [0.717, 1.165) is 27.5 Å². The Morgan fingerprint density at radius 2 is 2.03 bits per heavy atom. The van der Waals surface area contributed by atoms with Gasteiger partial charge in [-0.3, -0.25) is 9.89 Å². The van der Waals surface area contributed by atoms with Gasteiger partial charge in [0, 0.05) is 22.2 Å². The van der Waals surface area contributed by atoms with Crippen molar-refractivity contribution in [3.05, 3.63) is 59.2 Å². The minimum absolute atomic E-state index is 0.171. The molecule has 0 unspecified atom stereocenters. The van der Waals surface area contributed by atoms with Crippen molar-refractivity contribution in [1.82, 2.24) is 14.8 Å². The molecule has 6 heteroatoms. The summed E-state index contributed by atoms with van der Waals surface area (Å²) in [7, 11) is 0. The highest BCUT2D eigenvalue weighted by Crippen LogP contribution is 2.55. The van der Waals surface area contributed by atoms with E-state index in [4.69, 9.17) is 0 Å². The van der Waals surface area contributed by atoms with Crippen LogP contribution in [-0.2, 0) is 4.79 Å². The summed E-state index contributed by atoms with van der Waals surface area (Å²) in [6.07, 6.45) is 3.04. The van der Waals surface area contributed by atoms with Crippen LogP contribution in [0.3, 0.4) is 0 Å². The first-order valence-corrected chi connectivity index (χ1v) is 10.7. The molecule has 31 heavy (non-hydrogen) atoms. The van der Waals surface area contributed by atoms with Crippen LogP contribution < -0.4 is 0 Å². The third-order valence-electron chi connectivity index (χ3n) is 6.87. The average molecular weight is 420 g/mol. The molecule has 0 radical (unpaired) electrons. The van der Waals surface area contributed by atoms with E-state index in [9.17, 15) is 14.3 Å². The summed E-state index contributed by atoms with van der Waals surface area (Å²) in [6.45, 7) is 7.93. The molecular formula is C25H26FN3O2. The van der Waals surface area contributed by atoms with Crippen LogP contribution in [0.4, 0.5) is 4.39 Å². The van der Waals surface area contributed by atoms with Gasteiger partial charge in [0.15, 0.2) is 0 Å². The van der Waals surface area contributed by atoms with E-state index in [1.165, 1.54) is 17.3 Å². The number of carbonyl (C=O) groups is 1. The van der Waals surface area contributed by atoms with Gasteiger partial charge in [-0.15, -0.1) is 0 Å². The van der Waals surface area contributed by atoms with Crippen LogP contribution in [0.5, 0.6) is 0 Å². The molecule has 2 aromatic heterocycles. The van der Waals surface area contributed by atoms with Crippen molar-refractivity contribution in [3.8, 4) is 5.69 Å². The maximum Gasteiger partial charge on any atom is 0.309 e. The van der Waals surface area contributed by atoms with Gasteiger partial charge in [-0.1, -0.05) is 13.8 Å². The molecule has 1 aliphatic carbocycles. The summed E-state index contributed by atoms with van der Waals surface area (Å²) < 4.78 is 16.3. The Bertz CT molecular complexity index is 1340. The van der Waals surface area contributed by atoms with Gasteiger partial charge >= 0.3 is 5.97 Å². The number of aromatic amines is 1. The van der Waals surface area contributed by atoms with E-state index >= 15 is 0 Å². The molecule has 2 N–H and O–H groups in total. The molecule has 160 valence electrons. The SMILES string of the molecule is Cc1cc(-n2c(C(C)C)c([C@H]3C[C@](C)(C(=O)O)C3)c3cc4[nH]ncc4cc32)ccc1F. The van der Waals surface area contributed by atoms with Crippen LogP contribution >= 0.6 is 0 Å². The van der Waals surface area contributed by atoms with Crippen LogP contribution in [0.2, 0.25) is 0 Å². The summed E-state index contributed by atoms with van der Waals surface area (Å²) in [5.41, 5.74) is 5.21. The predicted molar refractivity (Wildman–Crippen MR) is 119 cm³/mol. The van der Waals surface area contributed by atoms with Crippen molar-refractivity contribution in [2.24, 2.45) is 5.41 Å². The highest BCUT2D eigenvalue weighted by Gasteiger charge is 2.48. The zero-order valence-corrected chi connectivity index (χ0v) is 18.2. The molecule has 5 rings (SSSR count). The summed E-state index contributed by atoms with van der Waals surface area (Å²) in [4.78, 5) is 11.7. The monoisotopic (exact) mass is 419 g/mol. The van der Waals surface area contributed by atoms with Crippen LogP contribution in [0.25, 0.3) is 27.5 Å². The van der Waals surface area contributed by atoms with E-state index in [1.54, 1.807) is 6.92 Å². The van der Waals surface area contributed by atoms with Crippen LogP contribution in [0.15, 0.2) is 36.5 Å². The highest BCUT2D eigenvalue weighted by molar-refractivity contribution is 5.99. The summed E-state index contributed by atoms with van der Waals surface area (Å²) in [5, 5.41) is 19.0. The molecule has 2 heterocycles. The maximum absolute atomic E-state index is 14.0. The quantitative estimate of drug-likeness (QED) is 0.423. The fourth-order valence-electron chi connectivity index (χ4n) is 5.22. The first-order valence-electron chi connectivity index (χ1n) is 10.7. The largest absolute Gasteiger partial charge is 0.481 e. The number of fused-ring (bicyclic) bond motifs is 2. The zero-order valence-electron chi connectivity index (χ0n) is 18.2. The summed E-state index contributed by atoms with van der Waals surface area (Å²) in [6, 6.07) is 9.46. The molecule has 0 spiro atoms. The topological polar surface area (TPSA) is 70.9 Å². The number of H-pyrrole nitrogens is 1. The first-order chi connectivity index (χ1) is 14.7. The van der Waals surface area contributed by atoms with E-state index in [1.807, 2.05) is 25.3 Å². The first kappa shape index (κ1) is 19.8. The van der Waals surface area contributed by atoms with Crippen LogP contribution in [-0.4, -0.2) is 25.8 Å². The number of hydrogen-bond acceptors (Lipinski definition) is 2. The van der Waals surface area contributed by atoms with E-state index in [2.05, 4.69) is 40.7 Å². The average Bonchev–Trinajstić information content (AvgIpc) is 3.27. The molecule has 0 amide bonds. The molecule has 0 aliphatic heterocycles. The lowest BCUT2D eigenvalue weighted by Gasteiger charge is -2.42. The van der Waals surface area contributed by atoms with Gasteiger partial charge in [0.05, 0.1) is 22.6 Å². The number of benzene rings is 2. The molecule has 0 bridgehead atoms. The Kier molecular flexibility index (Phi) is 4.26. The van der Waals surface area contributed by atoms with Crippen molar-refractivity contribution >= 4 is 27.8 Å². The van der Waals surface area contributed by atoms with Gasteiger partial charge < -0.3 is 9.67 Å². The van der Waals surface area contributed by atoms with Gasteiger partial charge in [-0.05, 0) is 80.0 Å². The van der Waals surface area contributed by atoms with Crippen molar-refractivity contribution in [2.75, 3.05) is 0 Å². The second-order valence-electron chi connectivity index (χ2n) is 9.52. The normalized spacial score (nSPS) is 21.2. The standard InChI is InChI=1S/C25H26FN3O2/c1-13(2)23-22(16-10-25(4,11-16)24(30)31)18-9-20-15(12-27-28-20)8-21(18)29(23)17-5-6-19(26)14(3)7-17/h5-9,12-13,16H,10-11H2,1-4H3,(H,27,28)(H,30,31)/t16-,25-. The number of aliphatic carboxylic acids is 1. The lowest BCUT2D eigenvalue weighted by molar-refractivity contribution is -0.154. The zero-order chi connectivity index (χ0) is 22.1. The number of nitrogens with one attached hydrogen (secondary N) is 1. The Morgan fingerprint density at radius 1 is 1.29 bits per heavy atom. The predicted octanol–water partition coefficient (Wildman–Crippen LogP) is 6.05. The number of carboxylic acids is 1. The lowest BCUT2D eigenvalue weighted by Crippen LogP contribution is -2.40. The Balaban J connectivity index is 1.82. The second kappa shape index (κ2) is 6.67. The highest BCUT2D eigenvalue weighted by atomic mass is 19.1. The maximum atomic E-state index is 14.0. The summed E-state index contributed by atoms with van der Waals surface area (Å²) in [5.74, 6) is -0.575. The fraction of sp³-hybridized carbons (Fsp3) is 0.360.